The van der Waals surface area contributed by atoms with Gasteiger partial charge in [0, 0.05) is 6.08 Å². The average molecular weight is 541 g/mol. The molecule has 0 aliphatic heterocycles. The minimum atomic E-state index is -0.266. The standard InChI is InChI=1S/C29H39O2.C5H5.Fe/c1-23(18-19-27-25(3)14-11-20-29(27,4)5)12-10-13-24(2)22-28(30)31-21-9-8-17-26-15-6-7-16-26;1-2-4-5-3-1;/h6-7,10,12-13,15-16,18-19,22H,8-9,11,14,17,20-21H2,1-5H3;1-5H;/q;;+2/b13-10+,19-18+,23-12+,24-22+;;. The largest absolute Gasteiger partial charge is 2.00 e. The molecule has 0 N–H and O–H groups in total. The normalized spacial score (nSPS) is 20.8. The van der Waals surface area contributed by atoms with Gasteiger partial charge in [0.15, 0.2) is 0 Å². The molecule has 0 aromatic rings. The van der Waals surface area contributed by atoms with Gasteiger partial charge in [-0.2, -0.15) is 0 Å². The van der Waals surface area contributed by atoms with Gasteiger partial charge < -0.3 is 4.74 Å². The van der Waals surface area contributed by atoms with Crippen LogP contribution in [-0.2, 0) is 26.6 Å². The third-order valence-electron chi connectivity index (χ3n) is 6.51. The second-order valence-electron chi connectivity index (χ2n) is 10.3. The summed E-state index contributed by atoms with van der Waals surface area (Å²) < 4.78 is 5.31. The van der Waals surface area contributed by atoms with E-state index < -0.39 is 0 Å². The van der Waals surface area contributed by atoms with Crippen LogP contribution >= 0.6 is 0 Å². The van der Waals surface area contributed by atoms with Gasteiger partial charge >= 0.3 is 23.0 Å². The summed E-state index contributed by atoms with van der Waals surface area (Å²) in [6.45, 7) is 11.4. The van der Waals surface area contributed by atoms with E-state index in [0.29, 0.717) is 6.61 Å². The molecule has 2 nitrogen and oxygen atoms in total. The topological polar surface area (TPSA) is 26.3 Å². The Morgan fingerprint density at radius 3 is 2.22 bits per heavy atom. The van der Waals surface area contributed by atoms with Gasteiger partial charge in [0.05, 0.1) is 6.61 Å². The number of allylic oxidation sites excluding steroid dienone is 9. The molecular formula is C34H44FeO2+2. The SMILES string of the molecule is CC1=C(/C=C/C(C)=C/C=C/C(C)=C/C(=O)OCCCC[C]2[CH][CH][CH][CH]2)C(C)(C)CCC1.[CH]1[CH][CH][CH][CH]1.[Fe+2]. The molecule has 0 saturated heterocycles. The summed E-state index contributed by atoms with van der Waals surface area (Å²) in [6, 6.07) is 0. The summed E-state index contributed by atoms with van der Waals surface area (Å²) in [6.07, 6.45) is 37.1. The minimum absolute atomic E-state index is 0. The molecule has 2 fully saturated rings. The summed E-state index contributed by atoms with van der Waals surface area (Å²) in [5.74, 6) is 1.08. The van der Waals surface area contributed by atoms with Crippen LogP contribution in [-0.4, -0.2) is 12.6 Å². The number of hydrogen-bond donors (Lipinski definition) is 0. The van der Waals surface area contributed by atoms with Gasteiger partial charge in [0.1, 0.15) is 0 Å². The van der Waals surface area contributed by atoms with E-state index in [1.807, 2.05) is 51.2 Å². The fourth-order valence-corrected chi connectivity index (χ4v) is 4.41. The van der Waals surface area contributed by atoms with E-state index in [9.17, 15) is 4.79 Å². The molecule has 3 aliphatic carbocycles. The molecule has 0 amide bonds. The third kappa shape index (κ3) is 14.4. The maximum absolute atomic E-state index is 11.9. The first-order chi connectivity index (χ1) is 17.3. The number of carbonyl (C=O) groups excluding carboxylic acids is 1. The van der Waals surface area contributed by atoms with Crippen LogP contribution < -0.4 is 0 Å². The zero-order valence-electron chi connectivity index (χ0n) is 23.3. The number of unbranched alkanes of at least 4 members (excludes halogenated alkanes) is 1. The summed E-state index contributed by atoms with van der Waals surface area (Å²) in [5.41, 5.74) is 5.33. The van der Waals surface area contributed by atoms with E-state index in [4.69, 9.17) is 4.74 Å². The van der Waals surface area contributed by atoms with Crippen molar-refractivity contribution in [3.05, 3.63) is 122 Å². The second kappa shape index (κ2) is 18.9. The van der Waals surface area contributed by atoms with Crippen molar-refractivity contribution < 1.29 is 26.6 Å². The van der Waals surface area contributed by atoms with Gasteiger partial charge in [-0.3, -0.25) is 0 Å². The predicted octanol–water partition coefficient (Wildman–Crippen LogP) is 8.66. The quantitative estimate of drug-likeness (QED) is 0.0911. The van der Waals surface area contributed by atoms with Crippen molar-refractivity contribution in [3.8, 4) is 0 Å². The van der Waals surface area contributed by atoms with Gasteiger partial charge in [-0.15, -0.1) is 0 Å². The molecule has 0 aromatic carbocycles. The number of esters is 1. The molecule has 0 heterocycles. The van der Waals surface area contributed by atoms with Crippen LogP contribution in [0, 0.1) is 69.1 Å². The Labute approximate surface area is 239 Å². The van der Waals surface area contributed by atoms with Gasteiger partial charge in [-0.05, 0) is 140 Å². The zero-order chi connectivity index (χ0) is 26.2. The molecule has 3 aliphatic rings. The van der Waals surface area contributed by atoms with Crippen molar-refractivity contribution in [3.63, 3.8) is 0 Å². The molecule has 3 rings (SSSR count). The molecule has 0 bridgehead atoms. The van der Waals surface area contributed by atoms with E-state index in [1.165, 1.54) is 41.9 Å². The van der Waals surface area contributed by atoms with Crippen molar-refractivity contribution in [2.45, 2.75) is 73.1 Å². The second-order valence-corrected chi connectivity index (χ2v) is 10.3. The fraction of sp³-hybridized carbons (Fsp3) is 0.382. The molecule has 0 unspecified atom stereocenters. The average Bonchev–Trinajstić information content (AvgIpc) is 3.55. The fourth-order valence-electron chi connectivity index (χ4n) is 4.41. The van der Waals surface area contributed by atoms with Gasteiger partial charge in [0.25, 0.3) is 0 Å². The maximum atomic E-state index is 11.9. The molecule has 2 saturated carbocycles. The van der Waals surface area contributed by atoms with Crippen LogP contribution in [0.2, 0.25) is 0 Å². The Balaban J connectivity index is 0.00000102. The minimum Gasteiger partial charge on any atom is -0.463 e. The number of carbonyl (C=O) groups is 1. The van der Waals surface area contributed by atoms with E-state index in [-0.39, 0.29) is 28.5 Å². The maximum Gasteiger partial charge on any atom is 2.00 e. The first-order valence-electron chi connectivity index (χ1n) is 13.2. The van der Waals surface area contributed by atoms with E-state index in [1.54, 1.807) is 6.08 Å². The van der Waals surface area contributed by atoms with Crippen LogP contribution in [0.15, 0.2) is 58.7 Å². The third-order valence-corrected chi connectivity index (χ3v) is 6.51. The van der Waals surface area contributed by atoms with Crippen molar-refractivity contribution >= 4 is 5.97 Å². The first-order valence-corrected chi connectivity index (χ1v) is 13.2. The Hall–Kier alpha value is -1.31. The molecule has 3 heteroatoms. The summed E-state index contributed by atoms with van der Waals surface area (Å²) in [5, 5.41) is 0. The number of ether oxygens (including phenoxy) is 1. The van der Waals surface area contributed by atoms with Gasteiger partial charge in [-0.1, -0.05) is 55.4 Å². The molecule has 10 radical (unpaired) electrons. The Kier molecular flexibility index (Phi) is 17.2. The zero-order valence-corrected chi connectivity index (χ0v) is 24.4. The monoisotopic (exact) mass is 540 g/mol. The number of hydrogen-bond acceptors (Lipinski definition) is 2. The number of rotatable bonds is 10. The molecule has 198 valence electrons. The van der Waals surface area contributed by atoms with Crippen LogP contribution in [0.5, 0.6) is 0 Å². The van der Waals surface area contributed by atoms with Crippen molar-refractivity contribution in [1.29, 1.82) is 0 Å². The Bertz CT molecular complexity index is 807. The summed E-state index contributed by atoms with van der Waals surface area (Å²) in [4.78, 5) is 11.9. The molecule has 0 aromatic heterocycles. The van der Waals surface area contributed by atoms with Crippen molar-refractivity contribution in [1.82, 2.24) is 0 Å². The van der Waals surface area contributed by atoms with Gasteiger partial charge in [0.2, 0.25) is 0 Å². The van der Waals surface area contributed by atoms with Crippen LogP contribution in [0.4, 0.5) is 0 Å². The van der Waals surface area contributed by atoms with Gasteiger partial charge in [-0.25, -0.2) is 4.79 Å². The van der Waals surface area contributed by atoms with E-state index in [2.05, 4.69) is 71.6 Å². The predicted molar refractivity (Wildman–Crippen MR) is 153 cm³/mol. The Morgan fingerprint density at radius 1 is 0.946 bits per heavy atom. The van der Waals surface area contributed by atoms with Crippen LogP contribution in [0.3, 0.4) is 0 Å². The first kappa shape index (κ1) is 33.7. The van der Waals surface area contributed by atoms with E-state index in [0.717, 1.165) is 24.8 Å². The summed E-state index contributed by atoms with van der Waals surface area (Å²) in [7, 11) is 0. The van der Waals surface area contributed by atoms with Crippen LogP contribution in [0.1, 0.15) is 73.1 Å². The molecular weight excluding hydrogens is 496 g/mol. The van der Waals surface area contributed by atoms with E-state index >= 15 is 0 Å². The van der Waals surface area contributed by atoms with Crippen LogP contribution in [0.25, 0.3) is 0 Å². The molecule has 37 heavy (non-hydrogen) atoms. The smallest absolute Gasteiger partial charge is 0.463 e. The molecule has 0 atom stereocenters. The summed E-state index contributed by atoms with van der Waals surface area (Å²) >= 11 is 0. The molecule has 0 spiro atoms. The Morgan fingerprint density at radius 2 is 1.59 bits per heavy atom. The van der Waals surface area contributed by atoms with Crippen molar-refractivity contribution in [2.75, 3.05) is 6.61 Å². The van der Waals surface area contributed by atoms with Crippen molar-refractivity contribution in [2.24, 2.45) is 5.41 Å².